The molecule has 7 heteroatoms. The highest BCUT2D eigenvalue weighted by molar-refractivity contribution is 7.89. The van der Waals surface area contributed by atoms with Crippen molar-refractivity contribution in [1.29, 1.82) is 0 Å². The predicted molar refractivity (Wildman–Crippen MR) is 68.4 cm³/mol. The second-order valence-corrected chi connectivity index (χ2v) is 6.12. The fourth-order valence-electron chi connectivity index (χ4n) is 1.98. The molecule has 0 amide bonds. The minimum atomic E-state index is -3.42. The summed E-state index contributed by atoms with van der Waals surface area (Å²) in [6.45, 7) is 0.910. The molecule has 1 aliphatic rings. The second-order valence-electron chi connectivity index (χ2n) is 4.18. The summed E-state index contributed by atoms with van der Waals surface area (Å²) in [7, 11) is -1.82. The van der Waals surface area contributed by atoms with Crippen LogP contribution in [0.15, 0.2) is 29.2 Å². The van der Waals surface area contributed by atoms with Gasteiger partial charge < -0.3 is 10.2 Å². The molecule has 3 N–H and O–H groups in total. The molecule has 0 radical (unpaired) electrons. The first-order valence-corrected chi connectivity index (χ1v) is 7.11. The molecule has 1 aromatic rings. The van der Waals surface area contributed by atoms with Crippen molar-refractivity contribution < 1.29 is 13.2 Å². The number of hydrogen-bond donors (Lipinski definition) is 2. The highest BCUT2D eigenvalue weighted by Crippen LogP contribution is 2.23. The van der Waals surface area contributed by atoms with E-state index in [0.717, 1.165) is 6.42 Å². The topological polar surface area (TPSA) is 84.7 Å². The standard InChI is InChI=1S/C11H17N3O3S/c1-17-10-6-7-14(8-10)18(15,16)11-4-2-9(13-12)3-5-11/h2-5,10,13H,6-8,12H2,1H3. The fraction of sp³-hybridized carbons (Fsp3) is 0.455. The molecule has 1 fully saturated rings. The van der Waals surface area contributed by atoms with Crippen molar-refractivity contribution in [3.8, 4) is 0 Å². The van der Waals surface area contributed by atoms with Crippen molar-refractivity contribution in [2.45, 2.75) is 17.4 Å². The second kappa shape index (κ2) is 5.23. The Labute approximate surface area is 107 Å². The Morgan fingerprint density at radius 3 is 2.56 bits per heavy atom. The van der Waals surface area contributed by atoms with E-state index in [0.29, 0.717) is 18.8 Å². The van der Waals surface area contributed by atoms with Gasteiger partial charge in [-0.3, -0.25) is 5.84 Å². The van der Waals surface area contributed by atoms with Gasteiger partial charge in [0.2, 0.25) is 10.0 Å². The molecule has 1 saturated heterocycles. The molecule has 6 nitrogen and oxygen atoms in total. The number of nitrogen functional groups attached to an aromatic ring is 1. The first-order chi connectivity index (χ1) is 8.57. The number of benzene rings is 1. The van der Waals surface area contributed by atoms with Crippen molar-refractivity contribution in [3.63, 3.8) is 0 Å². The van der Waals surface area contributed by atoms with Crippen LogP contribution in [0.5, 0.6) is 0 Å². The number of nitrogens with one attached hydrogen (secondary N) is 1. The molecule has 0 bridgehead atoms. The van der Waals surface area contributed by atoms with Crippen LogP contribution in [-0.2, 0) is 14.8 Å². The number of anilines is 1. The van der Waals surface area contributed by atoms with Crippen molar-refractivity contribution in [2.24, 2.45) is 5.84 Å². The number of nitrogens with two attached hydrogens (primary N) is 1. The lowest BCUT2D eigenvalue weighted by molar-refractivity contribution is 0.115. The molecular weight excluding hydrogens is 254 g/mol. The number of rotatable bonds is 4. The highest BCUT2D eigenvalue weighted by atomic mass is 32.2. The SMILES string of the molecule is COC1CCN(S(=O)(=O)c2ccc(NN)cc2)C1. The zero-order valence-electron chi connectivity index (χ0n) is 10.2. The minimum Gasteiger partial charge on any atom is -0.380 e. The van der Waals surface area contributed by atoms with Gasteiger partial charge in [0.15, 0.2) is 0 Å². The van der Waals surface area contributed by atoms with E-state index in [1.54, 1.807) is 31.4 Å². The molecule has 100 valence electrons. The Morgan fingerprint density at radius 1 is 1.39 bits per heavy atom. The minimum absolute atomic E-state index is 0.00948. The molecule has 0 aromatic heterocycles. The number of ether oxygens (including phenoxy) is 1. The molecule has 0 aliphatic carbocycles. The maximum absolute atomic E-state index is 12.3. The zero-order valence-corrected chi connectivity index (χ0v) is 11.0. The Bertz CT molecular complexity index is 501. The average Bonchev–Trinajstić information content (AvgIpc) is 2.88. The Morgan fingerprint density at radius 2 is 2.06 bits per heavy atom. The van der Waals surface area contributed by atoms with Gasteiger partial charge in [-0.25, -0.2) is 8.42 Å². The summed E-state index contributed by atoms with van der Waals surface area (Å²) in [5.74, 6) is 5.24. The summed E-state index contributed by atoms with van der Waals surface area (Å²) in [6.07, 6.45) is 0.725. The monoisotopic (exact) mass is 271 g/mol. The van der Waals surface area contributed by atoms with E-state index in [4.69, 9.17) is 10.6 Å². The number of nitrogens with zero attached hydrogens (tertiary/aromatic N) is 1. The molecular formula is C11H17N3O3S. The van der Waals surface area contributed by atoms with E-state index in [-0.39, 0.29) is 11.0 Å². The van der Waals surface area contributed by atoms with Gasteiger partial charge in [-0.2, -0.15) is 4.31 Å². The van der Waals surface area contributed by atoms with E-state index in [9.17, 15) is 8.42 Å². The van der Waals surface area contributed by atoms with Gasteiger partial charge in [-0.1, -0.05) is 0 Å². The van der Waals surface area contributed by atoms with Crippen molar-refractivity contribution in [2.75, 3.05) is 25.6 Å². The first kappa shape index (κ1) is 13.3. The lowest BCUT2D eigenvalue weighted by Gasteiger charge is -2.16. The smallest absolute Gasteiger partial charge is 0.243 e. The van der Waals surface area contributed by atoms with E-state index < -0.39 is 10.0 Å². The Kier molecular flexibility index (Phi) is 3.86. The molecule has 0 spiro atoms. The third kappa shape index (κ3) is 2.49. The van der Waals surface area contributed by atoms with Gasteiger partial charge >= 0.3 is 0 Å². The third-order valence-corrected chi connectivity index (χ3v) is 4.98. The van der Waals surface area contributed by atoms with Crippen LogP contribution in [0, 0.1) is 0 Å². The van der Waals surface area contributed by atoms with Crippen LogP contribution in [0.2, 0.25) is 0 Å². The highest BCUT2D eigenvalue weighted by Gasteiger charge is 2.32. The third-order valence-electron chi connectivity index (χ3n) is 3.10. The number of hydrazine groups is 1. The largest absolute Gasteiger partial charge is 0.380 e. The van der Waals surface area contributed by atoms with Crippen molar-refractivity contribution in [1.82, 2.24) is 4.31 Å². The van der Waals surface area contributed by atoms with Gasteiger partial charge in [0.25, 0.3) is 0 Å². The van der Waals surface area contributed by atoms with E-state index in [2.05, 4.69) is 5.43 Å². The van der Waals surface area contributed by atoms with E-state index in [1.807, 2.05) is 0 Å². The Balaban J connectivity index is 2.20. The average molecular weight is 271 g/mol. The molecule has 1 unspecified atom stereocenters. The molecule has 0 saturated carbocycles. The molecule has 1 aliphatic heterocycles. The lowest BCUT2D eigenvalue weighted by atomic mass is 10.3. The maximum Gasteiger partial charge on any atom is 0.243 e. The van der Waals surface area contributed by atoms with Crippen LogP contribution in [0.1, 0.15) is 6.42 Å². The molecule has 2 rings (SSSR count). The molecule has 1 aromatic carbocycles. The van der Waals surface area contributed by atoms with Crippen LogP contribution in [0.4, 0.5) is 5.69 Å². The first-order valence-electron chi connectivity index (χ1n) is 5.67. The number of hydrogen-bond acceptors (Lipinski definition) is 5. The number of methoxy groups -OCH3 is 1. The van der Waals surface area contributed by atoms with Gasteiger partial charge in [-0.05, 0) is 30.7 Å². The van der Waals surface area contributed by atoms with Crippen LogP contribution < -0.4 is 11.3 Å². The Hall–Kier alpha value is -1.15. The summed E-state index contributed by atoms with van der Waals surface area (Å²) in [5.41, 5.74) is 3.13. The zero-order chi connectivity index (χ0) is 13.2. The van der Waals surface area contributed by atoms with E-state index in [1.165, 1.54) is 4.31 Å². The van der Waals surface area contributed by atoms with Gasteiger partial charge in [0.05, 0.1) is 11.0 Å². The fourth-order valence-corrected chi connectivity index (χ4v) is 3.47. The van der Waals surface area contributed by atoms with Crippen LogP contribution >= 0.6 is 0 Å². The van der Waals surface area contributed by atoms with Crippen LogP contribution in [0.25, 0.3) is 0 Å². The summed E-state index contributed by atoms with van der Waals surface area (Å²) in [6, 6.07) is 6.36. The quantitative estimate of drug-likeness (QED) is 0.611. The van der Waals surface area contributed by atoms with Crippen molar-refractivity contribution in [3.05, 3.63) is 24.3 Å². The van der Waals surface area contributed by atoms with Gasteiger partial charge in [-0.15, -0.1) is 0 Å². The number of sulfonamides is 1. The molecule has 18 heavy (non-hydrogen) atoms. The molecule has 1 atom stereocenters. The summed E-state index contributed by atoms with van der Waals surface area (Å²) < 4.78 is 31.3. The normalized spacial score (nSPS) is 21.1. The van der Waals surface area contributed by atoms with Crippen LogP contribution in [-0.4, -0.2) is 39.0 Å². The molecule has 1 heterocycles. The van der Waals surface area contributed by atoms with Crippen LogP contribution in [0.3, 0.4) is 0 Å². The lowest BCUT2D eigenvalue weighted by Crippen LogP contribution is -2.30. The summed E-state index contributed by atoms with van der Waals surface area (Å²) in [5, 5.41) is 0. The summed E-state index contributed by atoms with van der Waals surface area (Å²) in [4.78, 5) is 0.276. The van der Waals surface area contributed by atoms with Gasteiger partial charge in [0.1, 0.15) is 0 Å². The predicted octanol–water partition coefficient (Wildman–Crippen LogP) is 0.382. The van der Waals surface area contributed by atoms with E-state index >= 15 is 0 Å². The maximum atomic E-state index is 12.3. The summed E-state index contributed by atoms with van der Waals surface area (Å²) >= 11 is 0. The van der Waals surface area contributed by atoms with Gasteiger partial charge in [0, 0.05) is 25.9 Å². The van der Waals surface area contributed by atoms with Crippen molar-refractivity contribution >= 4 is 15.7 Å².